The minimum Gasteiger partial charge on any atom is -0.399 e. The summed E-state index contributed by atoms with van der Waals surface area (Å²) in [6, 6.07) is 7.17. The van der Waals surface area contributed by atoms with Crippen LogP contribution in [0.5, 0.6) is 0 Å². The number of hydrogen-bond acceptors (Lipinski definition) is 3. The third kappa shape index (κ3) is 5.36. The van der Waals surface area contributed by atoms with Crippen molar-refractivity contribution in [2.75, 3.05) is 12.3 Å². The van der Waals surface area contributed by atoms with Gasteiger partial charge < -0.3 is 16.8 Å². The summed E-state index contributed by atoms with van der Waals surface area (Å²) in [5, 5.41) is 2.54. The molecule has 5 N–H and O–H groups in total. The maximum Gasteiger partial charge on any atom is 0.244 e. The molecule has 1 rings (SSSR count). The van der Waals surface area contributed by atoms with Crippen LogP contribution in [0, 0.1) is 0 Å². The summed E-state index contributed by atoms with van der Waals surface area (Å²) in [6.45, 7) is 0.245. The molecule has 0 saturated heterocycles. The molecule has 0 fully saturated rings. The Hall–Kier alpha value is -2.30. The molecule has 0 heterocycles. The SMILES string of the molecule is NC(=O)CCNC(=O)/C=C/c1cccc(N)c1. The molecule has 0 aliphatic carbocycles. The lowest BCUT2D eigenvalue weighted by Gasteiger charge is -1.99. The molecule has 0 atom stereocenters. The van der Waals surface area contributed by atoms with Gasteiger partial charge in [-0.25, -0.2) is 0 Å². The molecule has 0 spiro atoms. The Kier molecular flexibility index (Phi) is 4.75. The molecule has 1 aromatic rings. The lowest BCUT2D eigenvalue weighted by Crippen LogP contribution is -2.26. The Morgan fingerprint density at radius 1 is 1.35 bits per heavy atom. The molecule has 0 radical (unpaired) electrons. The zero-order chi connectivity index (χ0) is 12.7. The third-order valence-corrected chi connectivity index (χ3v) is 2.01. The van der Waals surface area contributed by atoms with E-state index in [-0.39, 0.29) is 18.9 Å². The van der Waals surface area contributed by atoms with E-state index in [1.165, 1.54) is 6.08 Å². The number of carbonyl (C=O) groups excluding carboxylic acids is 2. The van der Waals surface area contributed by atoms with E-state index in [1.54, 1.807) is 24.3 Å². The number of nitrogens with one attached hydrogen (secondary N) is 1. The first-order valence-corrected chi connectivity index (χ1v) is 5.17. The molecule has 0 unspecified atom stereocenters. The lowest BCUT2D eigenvalue weighted by atomic mass is 10.2. The monoisotopic (exact) mass is 233 g/mol. The van der Waals surface area contributed by atoms with Crippen molar-refractivity contribution in [1.82, 2.24) is 5.32 Å². The van der Waals surface area contributed by atoms with Crippen molar-refractivity contribution in [1.29, 1.82) is 0 Å². The maximum absolute atomic E-state index is 11.3. The number of rotatable bonds is 5. The van der Waals surface area contributed by atoms with E-state index in [4.69, 9.17) is 11.5 Å². The van der Waals surface area contributed by atoms with Gasteiger partial charge in [-0.3, -0.25) is 9.59 Å². The molecule has 17 heavy (non-hydrogen) atoms. The minimum atomic E-state index is -0.440. The molecule has 0 aromatic heterocycles. The Morgan fingerprint density at radius 2 is 2.12 bits per heavy atom. The smallest absolute Gasteiger partial charge is 0.244 e. The van der Waals surface area contributed by atoms with Gasteiger partial charge in [0.2, 0.25) is 11.8 Å². The highest BCUT2D eigenvalue weighted by Gasteiger charge is 1.97. The van der Waals surface area contributed by atoms with Crippen LogP contribution in [0.2, 0.25) is 0 Å². The van der Waals surface area contributed by atoms with Gasteiger partial charge in [0.05, 0.1) is 0 Å². The molecule has 0 aliphatic rings. The number of amides is 2. The number of nitrogen functional groups attached to an aromatic ring is 1. The largest absolute Gasteiger partial charge is 0.399 e. The van der Waals surface area contributed by atoms with Crippen molar-refractivity contribution in [2.45, 2.75) is 6.42 Å². The van der Waals surface area contributed by atoms with Gasteiger partial charge in [0.25, 0.3) is 0 Å². The molecule has 0 bridgehead atoms. The molecule has 0 aliphatic heterocycles. The van der Waals surface area contributed by atoms with Gasteiger partial charge in [0.15, 0.2) is 0 Å². The average molecular weight is 233 g/mol. The molecule has 0 saturated carbocycles. The van der Waals surface area contributed by atoms with Gasteiger partial charge in [-0.15, -0.1) is 0 Å². The Balaban J connectivity index is 2.43. The van der Waals surface area contributed by atoms with Gasteiger partial charge in [0.1, 0.15) is 0 Å². The fraction of sp³-hybridized carbons (Fsp3) is 0.167. The van der Waals surface area contributed by atoms with Crippen LogP contribution in [0.3, 0.4) is 0 Å². The molecule has 90 valence electrons. The summed E-state index contributed by atoms with van der Waals surface area (Å²) >= 11 is 0. The van der Waals surface area contributed by atoms with Gasteiger partial charge in [0, 0.05) is 24.7 Å². The first-order chi connectivity index (χ1) is 8.08. The molecular formula is C12H15N3O2. The molecule has 2 amide bonds. The van der Waals surface area contributed by atoms with Crippen LogP contribution in [-0.2, 0) is 9.59 Å². The second-order valence-corrected chi connectivity index (χ2v) is 3.51. The van der Waals surface area contributed by atoms with E-state index in [2.05, 4.69) is 5.32 Å². The van der Waals surface area contributed by atoms with Crippen LogP contribution in [0.15, 0.2) is 30.3 Å². The summed E-state index contributed by atoms with van der Waals surface area (Å²) in [5.41, 5.74) is 12.0. The number of hydrogen-bond donors (Lipinski definition) is 3. The van der Waals surface area contributed by atoms with Crippen molar-refractivity contribution in [3.63, 3.8) is 0 Å². The number of carbonyl (C=O) groups is 2. The number of anilines is 1. The van der Waals surface area contributed by atoms with Crippen LogP contribution in [0.1, 0.15) is 12.0 Å². The van der Waals surface area contributed by atoms with Gasteiger partial charge in [-0.2, -0.15) is 0 Å². The van der Waals surface area contributed by atoms with Gasteiger partial charge in [-0.05, 0) is 23.8 Å². The fourth-order valence-electron chi connectivity index (χ4n) is 1.20. The highest BCUT2D eigenvalue weighted by molar-refractivity contribution is 5.92. The highest BCUT2D eigenvalue weighted by Crippen LogP contribution is 2.07. The number of nitrogens with two attached hydrogens (primary N) is 2. The fourth-order valence-corrected chi connectivity index (χ4v) is 1.20. The Labute approximate surface area is 99.5 Å². The number of primary amides is 1. The quantitative estimate of drug-likeness (QED) is 0.503. The molecule has 5 heteroatoms. The standard InChI is InChI=1S/C12H15N3O2/c13-10-3-1-2-9(8-10)4-5-12(17)15-7-6-11(14)16/h1-5,8H,6-7,13H2,(H2,14,16)(H,15,17)/b5-4+. The van der Waals surface area contributed by atoms with Crippen LogP contribution in [-0.4, -0.2) is 18.4 Å². The van der Waals surface area contributed by atoms with E-state index in [0.29, 0.717) is 5.69 Å². The van der Waals surface area contributed by atoms with Crippen molar-refractivity contribution < 1.29 is 9.59 Å². The predicted molar refractivity (Wildman–Crippen MR) is 66.7 cm³/mol. The van der Waals surface area contributed by atoms with Gasteiger partial charge in [-0.1, -0.05) is 12.1 Å². The number of benzene rings is 1. The highest BCUT2D eigenvalue weighted by atomic mass is 16.2. The van der Waals surface area contributed by atoms with Crippen LogP contribution in [0.4, 0.5) is 5.69 Å². The molecular weight excluding hydrogens is 218 g/mol. The normalized spacial score (nSPS) is 10.4. The summed E-state index contributed by atoms with van der Waals surface area (Å²) in [7, 11) is 0. The topological polar surface area (TPSA) is 98.2 Å². The summed E-state index contributed by atoms with van der Waals surface area (Å²) in [5.74, 6) is -0.709. The van der Waals surface area contributed by atoms with Crippen molar-refractivity contribution in [3.8, 4) is 0 Å². The van der Waals surface area contributed by atoms with E-state index in [1.807, 2.05) is 6.07 Å². The van der Waals surface area contributed by atoms with Crippen molar-refractivity contribution >= 4 is 23.6 Å². The zero-order valence-corrected chi connectivity index (χ0v) is 9.35. The summed E-state index contributed by atoms with van der Waals surface area (Å²) in [4.78, 5) is 21.7. The summed E-state index contributed by atoms with van der Waals surface area (Å²) in [6.07, 6.45) is 3.17. The first kappa shape index (κ1) is 12.8. The van der Waals surface area contributed by atoms with E-state index in [0.717, 1.165) is 5.56 Å². The van der Waals surface area contributed by atoms with Gasteiger partial charge >= 0.3 is 0 Å². The average Bonchev–Trinajstić information content (AvgIpc) is 2.26. The first-order valence-electron chi connectivity index (χ1n) is 5.17. The van der Waals surface area contributed by atoms with Crippen LogP contribution >= 0.6 is 0 Å². The predicted octanol–water partition coefficient (Wildman–Crippen LogP) is 0.274. The van der Waals surface area contributed by atoms with Crippen molar-refractivity contribution in [2.24, 2.45) is 5.73 Å². The third-order valence-electron chi connectivity index (χ3n) is 2.01. The van der Waals surface area contributed by atoms with E-state index >= 15 is 0 Å². The lowest BCUT2D eigenvalue weighted by molar-refractivity contribution is -0.118. The van der Waals surface area contributed by atoms with E-state index in [9.17, 15) is 9.59 Å². The minimum absolute atomic E-state index is 0.137. The summed E-state index contributed by atoms with van der Waals surface area (Å²) < 4.78 is 0. The maximum atomic E-state index is 11.3. The zero-order valence-electron chi connectivity index (χ0n) is 9.35. The van der Waals surface area contributed by atoms with Crippen LogP contribution in [0.25, 0.3) is 6.08 Å². The van der Waals surface area contributed by atoms with Crippen LogP contribution < -0.4 is 16.8 Å². The Morgan fingerprint density at radius 3 is 2.76 bits per heavy atom. The molecule has 5 nitrogen and oxygen atoms in total. The van der Waals surface area contributed by atoms with E-state index < -0.39 is 5.91 Å². The second kappa shape index (κ2) is 6.32. The second-order valence-electron chi connectivity index (χ2n) is 3.51. The molecule has 1 aromatic carbocycles. The Bertz CT molecular complexity index is 441. The van der Waals surface area contributed by atoms with Crippen molar-refractivity contribution in [3.05, 3.63) is 35.9 Å².